The van der Waals surface area contributed by atoms with E-state index in [0.717, 1.165) is 26.3 Å². The summed E-state index contributed by atoms with van der Waals surface area (Å²) in [4.78, 5) is 24.0. The minimum Gasteiger partial charge on any atom is -0.422 e. The molecule has 0 radical (unpaired) electrons. The van der Waals surface area contributed by atoms with Gasteiger partial charge in [0.2, 0.25) is 0 Å². The van der Waals surface area contributed by atoms with E-state index in [-0.39, 0.29) is 0 Å². The second kappa shape index (κ2) is 7.44. The Morgan fingerprint density at radius 1 is 1.00 bits per heavy atom. The molecule has 0 saturated heterocycles. The average molecular weight is 456 g/mol. The molecule has 6 rings (SSSR count). The SMILES string of the molecule is O=c1oc2ccccc2cc1-c1c(C=Nc2ccccc2Cl)sc2nc3ccccc3n12. The summed E-state index contributed by atoms with van der Waals surface area (Å²) in [7, 11) is 0. The number of halogens is 1. The maximum atomic E-state index is 13.1. The first kappa shape index (κ1) is 19.0. The quantitative estimate of drug-likeness (QED) is 0.219. The van der Waals surface area contributed by atoms with Crippen molar-refractivity contribution in [3.05, 3.63) is 99.2 Å². The summed E-state index contributed by atoms with van der Waals surface area (Å²) in [5, 5.41) is 1.40. The van der Waals surface area contributed by atoms with E-state index in [0.29, 0.717) is 27.6 Å². The van der Waals surface area contributed by atoms with Gasteiger partial charge in [-0.1, -0.05) is 65.4 Å². The van der Waals surface area contributed by atoms with Crippen molar-refractivity contribution < 1.29 is 4.42 Å². The Bertz CT molecular complexity index is 1730. The molecule has 0 aliphatic rings. The largest absolute Gasteiger partial charge is 0.422 e. The molecular weight excluding hydrogens is 442 g/mol. The molecular formula is C25H14ClN3O2S. The Kier molecular flexibility index (Phi) is 4.41. The van der Waals surface area contributed by atoms with Gasteiger partial charge >= 0.3 is 5.63 Å². The maximum Gasteiger partial charge on any atom is 0.345 e. The molecule has 32 heavy (non-hydrogen) atoms. The number of nitrogens with zero attached hydrogens (tertiary/aromatic N) is 3. The Hall–Kier alpha value is -3.74. The van der Waals surface area contributed by atoms with Gasteiger partial charge in [0.15, 0.2) is 4.96 Å². The molecule has 0 unspecified atom stereocenters. The smallest absolute Gasteiger partial charge is 0.345 e. The lowest BCUT2D eigenvalue weighted by Crippen LogP contribution is -2.05. The highest BCUT2D eigenvalue weighted by Crippen LogP contribution is 2.34. The molecule has 154 valence electrons. The number of imidazole rings is 1. The molecule has 5 nitrogen and oxygen atoms in total. The normalized spacial score (nSPS) is 11.9. The summed E-state index contributed by atoms with van der Waals surface area (Å²) in [6.45, 7) is 0. The van der Waals surface area contributed by atoms with Crippen LogP contribution in [0.25, 0.3) is 38.2 Å². The van der Waals surface area contributed by atoms with E-state index in [1.54, 1.807) is 18.3 Å². The van der Waals surface area contributed by atoms with Crippen LogP contribution >= 0.6 is 22.9 Å². The predicted molar refractivity (Wildman–Crippen MR) is 131 cm³/mol. The number of thiazole rings is 1. The van der Waals surface area contributed by atoms with Gasteiger partial charge in [-0.25, -0.2) is 9.78 Å². The van der Waals surface area contributed by atoms with Crippen LogP contribution in [-0.4, -0.2) is 15.6 Å². The zero-order valence-electron chi connectivity index (χ0n) is 16.5. The van der Waals surface area contributed by atoms with Crippen molar-refractivity contribution in [3.63, 3.8) is 0 Å². The first-order valence-corrected chi connectivity index (χ1v) is 11.1. The van der Waals surface area contributed by atoms with E-state index in [1.165, 1.54) is 11.3 Å². The first-order valence-electron chi connectivity index (χ1n) is 9.91. The van der Waals surface area contributed by atoms with E-state index in [2.05, 4.69) is 4.99 Å². The molecule has 0 aliphatic carbocycles. The van der Waals surface area contributed by atoms with Crippen molar-refractivity contribution in [2.75, 3.05) is 0 Å². The zero-order valence-corrected chi connectivity index (χ0v) is 18.1. The maximum absolute atomic E-state index is 13.1. The van der Waals surface area contributed by atoms with Crippen LogP contribution in [0.4, 0.5) is 5.69 Å². The monoisotopic (exact) mass is 455 g/mol. The molecule has 3 aromatic carbocycles. The molecule has 0 atom stereocenters. The number of aliphatic imine (C=N–C) groups is 1. The Balaban J connectivity index is 1.66. The number of hydrogen-bond acceptors (Lipinski definition) is 5. The summed E-state index contributed by atoms with van der Waals surface area (Å²) < 4.78 is 7.64. The minimum atomic E-state index is -0.409. The third-order valence-electron chi connectivity index (χ3n) is 5.26. The fourth-order valence-electron chi connectivity index (χ4n) is 3.80. The summed E-state index contributed by atoms with van der Waals surface area (Å²) in [6, 6.07) is 24.6. The van der Waals surface area contributed by atoms with Crippen LogP contribution in [0.15, 0.2) is 93.1 Å². The van der Waals surface area contributed by atoms with Crippen LogP contribution in [0, 0.1) is 0 Å². The van der Waals surface area contributed by atoms with Crippen molar-refractivity contribution in [2.24, 2.45) is 4.99 Å². The number of benzene rings is 3. The second-order valence-electron chi connectivity index (χ2n) is 7.23. The molecule has 0 N–H and O–H groups in total. The highest BCUT2D eigenvalue weighted by molar-refractivity contribution is 7.19. The van der Waals surface area contributed by atoms with Gasteiger partial charge in [-0.2, -0.15) is 0 Å². The van der Waals surface area contributed by atoms with E-state index in [9.17, 15) is 4.79 Å². The molecule has 0 saturated carbocycles. The fourth-order valence-corrected chi connectivity index (χ4v) is 5.01. The van der Waals surface area contributed by atoms with Crippen LogP contribution in [0.2, 0.25) is 5.02 Å². The molecule has 0 aliphatic heterocycles. The molecule has 0 bridgehead atoms. The first-order chi connectivity index (χ1) is 15.7. The Morgan fingerprint density at radius 3 is 2.69 bits per heavy atom. The molecule has 6 aromatic rings. The fraction of sp³-hybridized carbons (Fsp3) is 0. The highest BCUT2D eigenvalue weighted by atomic mass is 35.5. The van der Waals surface area contributed by atoms with Gasteiger partial charge in [0.25, 0.3) is 0 Å². The lowest BCUT2D eigenvalue weighted by atomic mass is 10.1. The Morgan fingerprint density at radius 2 is 1.78 bits per heavy atom. The van der Waals surface area contributed by atoms with Gasteiger partial charge in [0, 0.05) is 11.6 Å². The Labute approximate surface area is 190 Å². The molecule has 0 spiro atoms. The van der Waals surface area contributed by atoms with Crippen LogP contribution in [0.1, 0.15) is 4.88 Å². The van der Waals surface area contributed by atoms with E-state index < -0.39 is 5.63 Å². The lowest BCUT2D eigenvalue weighted by Gasteiger charge is -2.04. The number of hydrogen-bond donors (Lipinski definition) is 0. The van der Waals surface area contributed by atoms with Gasteiger partial charge in [-0.05, 0) is 36.4 Å². The predicted octanol–water partition coefficient (Wildman–Crippen LogP) is 6.73. The lowest BCUT2D eigenvalue weighted by molar-refractivity contribution is 0.563. The summed E-state index contributed by atoms with van der Waals surface area (Å²) in [5.74, 6) is 0. The molecule has 0 fully saturated rings. The van der Waals surface area contributed by atoms with E-state index in [1.807, 2.05) is 71.1 Å². The molecule has 0 amide bonds. The highest BCUT2D eigenvalue weighted by Gasteiger charge is 2.21. The third-order valence-corrected chi connectivity index (χ3v) is 6.55. The number of aromatic nitrogens is 2. The van der Waals surface area contributed by atoms with Crippen LogP contribution in [0.5, 0.6) is 0 Å². The zero-order chi connectivity index (χ0) is 21.7. The van der Waals surface area contributed by atoms with Gasteiger partial charge in [-0.3, -0.25) is 9.39 Å². The van der Waals surface area contributed by atoms with Crippen molar-refractivity contribution in [2.45, 2.75) is 0 Å². The van der Waals surface area contributed by atoms with Gasteiger partial charge in [-0.15, -0.1) is 0 Å². The van der Waals surface area contributed by atoms with Crippen LogP contribution in [-0.2, 0) is 0 Å². The van der Waals surface area contributed by atoms with Crippen molar-refractivity contribution >= 4 is 61.8 Å². The van der Waals surface area contributed by atoms with Crippen molar-refractivity contribution in [1.29, 1.82) is 0 Å². The summed E-state index contributed by atoms with van der Waals surface area (Å²) in [5.41, 5.74) is 3.73. The summed E-state index contributed by atoms with van der Waals surface area (Å²) >= 11 is 7.74. The van der Waals surface area contributed by atoms with Gasteiger partial charge in [0.1, 0.15) is 5.58 Å². The minimum absolute atomic E-state index is 0.409. The number of rotatable bonds is 3. The van der Waals surface area contributed by atoms with E-state index in [4.69, 9.17) is 21.0 Å². The molecule has 7 heteroatoms. The number of para-hydroxylation sites is 4. The van der Waals surface area contributed by atoms with Gasteiger partial charge < -0.3 is 4.42 Å². The summed E-state index contributed by atoms with van der Waals surface area (Å²) in [6.07, 6.45) is 1.74. The molecule has 3 aromatic heterocycles. The second-order valence-corrected chi connectivity index (χ2v) is 8.64. The molecule has 3 heterocycles. The number of fused-ring (bicyclic) bond motifs is 4. The third kappa shape index (κ3) is 3.04. The topological polar surface area (TPSA) is 59.9 Å². The average Bonchev–Trinajstić information content (AvgIpc) is 3.34. The van der Waals surface area contributed by atoms with Gasteiger partial charge in [0.05, 0.1) is 37.9 Å². The van der Waals surface area contributed by atoms with Crippen molar-refractivity contribution in [1.82, 2.24) is 9.38 Å². The van der Waals surface area contributed by atoms with Crippen LogP contribution < -0.4 is 5.63 Å². The van der Waals surface area contributed by atoms with E-state index >= 15 is 0 Å². The standard InChI is InChI=1S/C25H14ClN3O2S/c26-17-8-2-3-9-18(17)27-14-22-23(16-13-15-7-1-6-12-21(15)31-24(16)30)29-20-11-5-4-10-19(20)28-25(29)32-22/h1-14H. The van der Waals surface area contributed by atoms with Crippen molar-refractivity contribution in [3.8, 4) is 11.3 Å². The van der Waals surface area contributed by atoms with Crippen LogP contribution in [0.3, 0.4) is 0 Å².